The third-order valence-electron chi connectivity index (χ3n) is 3.69. The van der Waals surface area contributed by atoms with Crippen molar-refractivity contribution in [1.82, 2.24) is 0 Å². The van der Waals surface area contributed by atoms with Crippen molar-refractivity contribution in [1.29, 1.82) is 0 Å². The molecule has 0 aliphatic heterocycles. The maximum atomic E-state index is 3.52. The van der Waals surface area contributed by atoms with Crippen molar-refractivity contribution in [2.75, 3.05) is 11.9 Å². The SMILES string of the molecule is c1ccccccc(NCCc2ccccccccc2)cccccc1. The zero-order valence-electron chi connectivity index (χ0n) is 15.6. The van der Waals surface area contributed by atoms with Gasteiger partial charge in [0.05, 0.1) is 0 Å². The Morgan fingerprint density at radius 3 is 1.15 bits per heavy atom. The van der Waals surface area contributed by atoms with E-state index in [0.717, 1.165) is 18.7 Å². The van der Waals surface area contributed by atoms with Crippen LogP contribution in [0.5, 0.6) is 0 Å². The fourth-order valence-electron chi connectivity index (χ4n) is 2.32. The maximum absolute atomic E-state index is 3.52. The van der Waals surface area contributed by atoms with Crippen LogP contribution in [-0.2, 0) is 6.42 Å². The Hall–Kier alpha value is -3.32. The summed E-state index contributed by atoms with van der Waals surface area (Å²) in [6, 6.07) is 45.1. The smallest absolute Gasteiger partial charge is 0.0340 e. The van der Waals surface area contributed by atoms with Gasteiger partial charge in [-0.15, -0.1) is 0 Å². The zero-order valence-corrected chi connectivity index (χ0v) is 15.6. The summed E-state index contributed by atoms with van der Waals surface area (Å²) in [5, 5.41) is 3.52. The van der Waals surface area contributed by atoms with Gasteiger partial charge in [-0.05, 0) is 24.1 Å². The highest BCUT2D eigenvalue weighted by Crippen LogP contribution is 2.03. The molecule has 0 heterocycles. The normalized spacial score (nSPS) is 9.04. The third kappa shape index (κ3) is 10.3. The molecular weight excluding hydrogens is 326 g/mol. The van der Waals surface area contributed by atoms with Crippen LogP contribution in [0.3, 0.4) is 0 Å². The first-order chi connectivity index (χ1) is 13.4. The van der Waals surface area contributed by atoms with Gasteiger partial charge < -0.3 is 5.32 Å². The van der Waals surface area contributed by atoms with E-state index in [1.54, 1.807) is 0 Å². The van der Waals surface area contributed by atoms with E-state index in [2.05, 4.69) is 41.7 Å². The van der Waals surface area contributed by atoms with E-state index in [1.807, 2.05) is 97.1 Å². The maximum Gasteiger partial charge on any atom is 0.0340 e. The minimum absolute atomic E-state index is 0.871. The van der Waals surface area contributed by atoms with Crippen molar-refractivity contribution in [3.63, 3.8) is 0 Å². The fourth-order valence-corrected chi connectivity index (χ4v) is 2.32. The average Bonchev–Trinajstić information content (AvgIpc) is 2.69. The van der Waals surface area contributed by atoms with Gasteiger partial charge in [0.2, 0.25) is 0 Å². The number of nitrogens with one attached hydrogen (secondary N) is 1. The number of rotatable bonds is 4. The molecule has 0 radical (unpaired) electrons. The summed E-state index contributed by atoms with van der Waals surface area (Å²) in [6.45, 7) is 0.871. The second-order valence-electron chi connectivity index (χ2n) is 5.84. The lowest BCUT2D eigenvalue weighted by Crippen LogP contribution is -2.03. The van der Waals surface area contributed by atoms with Crippen LogP contribution in [0.4, 0.5) is 5.69 Å². The van der Waals surface area contributed by atoms with Crippen molar-refractivity contribution < 1.29 is 0 Å². The Morgan fingerprint density at radius 2 is 0.741 bits per heavy atom. The number of hydrogen-bond donors (Lipinski definition) is 1. The highest BCUT2D eigenvalue weighted by molar-refractivity contribution is 5.40. The molecule has 2 aromatic rings. The van der Waals surface area contributed by atoms with Crippen molar-refractivity contribution in [2.24, 2.45) is 0 Å². The third-order valence-corrected chi connectivity index (χ3v) is 3.69. The van der Waals surface area contributed by atoms with Crippen LogP contribution in [0.25, 0.3) is 0 Å². The standard InChI is InChI=1S/C26H27N/c1-2-4-9-13-17-21-26(22-18-14-10-5-3-1)27-24-23-25-19-15-11-7-6-8-12-16-20-25/h1-22,27H,23-24H2. The monoisotopic (exact) mass is 353 g/mol. The first-order valence-electron chi connectivity index (χ1n) is 9.28. The molecule has 1 N–H and O–H groups in total. The molecule has 0 saturated heterocycles. The van der Waals surface area contributed by atoms with Gasteiger partial charge in [-0.2, -0.15) is 0 Å². The lowest BCUT2D eigenvalue weighted by Gasteiger charge is -2.04. The highest BCUT2D eigenvalue weighted by atomic mass is 14.9. The Morgan fingerprint density at radius 1 is 0.407 bits per heavy atom. The second kappa shape index (κ2) is 13.9. The molecule has 0 aromatic heterocycles. The van der Waals surface area contributed by atoms with Crippen LogP contribution in [0.1, 0.15) is 5.56 Å². The van der Waals surface area contributed by atoms with Crippen molar-refractivity contribution in [2.45, 2.75) is 6.42 Å². The molecule has 0 aliphatic rings. The highest BCUT2D eigenvalue weighted by Gasteiger charge is 1.90. The molecule has 1 heteroatoms. The van der Waals surface area contributed by atoms with Gasteiger partial charge in [0, 0.05) is 12.2 Å². The molecule has 1 nitrogen and oxygen atoms in total. The molecule has 0 unspecified atom stereocenters. The van der Waals surface area contributed by atoms with Crippen LogP contribution in [0.2, 0.25) is 0 Å². The molecule has 0 aliphatic carbocycles. The first-order valence-corrected chi connectivity index (χ1v) is 9.28. The van der Waals surface area contributed by atoms with Gasteiger partial charge >= 0.3 is 0 Å². The van der Waals surface area contributed by atoms with Crippen molar-refractivity contribution >= 4 is 5.69 Å². The molecule has 0 bridgehead atoms. The Kier molecular flexibility index (Phi) is 10.3. The summed E-state index contributed by atoms with van der Waals surface area (Å²) < 4.78 is 0. The quantitative estimate of drug-likeness (QED) is 0.644. The topological polar surface area (TPSA) is 12.0 Å². The summed E-state index contributed by atoms with van der Waals surface area (Å²) >= 11 is 0. The van der Waals surface area contributed by atoms with Gasteiger partial charge in [0.1, 0.15) is 0 Å². The zero-order chi connectivity index (χ0) is 18.8. The summed E-state index contributed by atoms with van der Waals surface area (Å²) in [4.78, 5) is 0. The molecule has 0 saturated carbocycles. The minimum atomic E-state index is 0.871. The first kappa shape index (κ1) is 20.0. The fraction of sp³-hybridized carbons (Fsp3) is 0.0769. The summed E-state index contributed by atoms with van der Waals surface area (Å²) in [7, 11) is 0. The van der Waals surface area contributed by atoms with Crippen molar-refractivity contribution in [3.8, 4) is 0 Å². The van der Waals surface area contributed by atoms with E-state index in [9.17, 15) is 0 Å². The number of anilines is 1. The molecule has 27 heavy (non-hydrogen) atoms. The lowest BCUT2D eigenvalue weighted by molar-refractivity contribution is 1.02. The Labute approximate surface area is 163 Å². The van der Waals surface area contributed by atoms with Gasteiger partial charge in [0.25, 0.3) is 0 Å². The summed E-state index contributed by atoms with van der Waals surface area (Å²) in [5.41, 5.74) is 2.38. The van der Waals surface area contributed by atoms with Gasteiger partial charge in [-0.3, -0.25) is 0 Å². The Bertz CT molecular complexity index is 781. The van der Waals surface area contributed by atoms with Crippen LogP contribution in [0.15, 0.2) is 133 Å². The Balaban J connectivity index is 2.11. The lowest BCUT2D eigenvalue weighted by atomic mass is 10.2. The van der Waals surface area contributed by atoms with E-state index in [4.69, 9.17) is 0 Å². The largest absolute Gasteiger partial charge is 0.385 e. The van der Waals surface area contributed by atoms with Gasteiger partial charge in [-0.25, -0.2) is 0 Å². The molecule has 136 valence electrons. The van der Waals surface area contributed by atoms with Crippen LogP contribution in [-0.4, -0.2) is 6.54 Å². The van der Waals surface area contributed by atoms with E-state index in [-0.39, 0.29) is 0 Å². The molecular formula is C26H27N. The molecule has 0 spiro atoms. The molecule has 2 rings (SSSR count). The molecule has 0 amide bonds. The summed E-state index contributed by atoms with van der Waals surface area (Å²) in [5.74, 6) is 0. The van der Waals surface area contributed by atoms with Crippen molar-refractivity contribution in [3.05, 3.63) is 139 Å². The average molecular weight is 354 g/mol. The molecule has 2 aromatic carbocycles. The number of hydrogen-bond acceptors (Lipinski definition) is 1. The van der Waals surface area contributed by atoms with Crippen LogP contribution < -0.4 is 5.32 Å². The van der Waals surface area contributed by atoms with E-state index in [1.165, 1.54) is 5.56 Å². The summed E-state index contributed by atoms with van der Waals surface area (Å²) in [6.07, 6.45) is 0.955. The van der Waals surface area contributed by atoms with Gasteiger partial charge in [-0.1, -0.05) is 121 Å². The molecule has 0 fully saturated rings. The molecule has 0 atom stereocenters. The predicted octanol–water partition coefficient (Wildman–Crippen LogP) is 6.71. The van der Waals surface area contributed by atoms with E-state index < -0.39 is 0 Å². The van der Waals surface area contributed by atoms with Gasteiger partial charge in [0.15, 0.2) is 0 Å². The van der Waals surface area contributed by atoms with E-state index >= 15 is 0 Å². The van der Waals surface area contributed by atoms with E-state index in [0.29, 0.717) is 0 Å². The second-order valence-corrected chi connectivity index (χ2v) is 5.84. The van der Waals surface area contributed by atoms with Crippen LogP contribution in [0, 0.1) is 0 Å². The van der Waals surface area contributed by atoms with Crippen LogP contribution >= 0.6 is 0 Å². The predicted molar refractivity (Wildman–Crippen MR) is 118 cm³/mol. The minimum Gasteiger partial charge on any atom is -0.385 e.